The van der Waals surface area contributed by atoms with Gasteiger partial charge in [0.05, 0.1) is 25.7 Å². The van der Waals surface area contributed by atoms with Gasteiger partial charge >= 0.3 is 0 Å². The predicted octanol–water partition coefficient (Wildman–Crippen LogP) is 3.83. The van der Waals surface area contributed by atoms with E-state index in [1.165, 1.54) is 23.5 Å². The van der Waals surface area contributed by atoms with E-state index in [0.29, 0.717) is 16.0 Å². The molecule has 1 heterocycles. The maximum atomic E-state index is 13.2. The van der Waals surface area contributed by atoms with E-state index >= 15 is 0 Å². The Labute approximate surface area is 164 Å². The topological polar surface area (TPSA) is 68.5 Å². The average Bonchev–Trinajstić information content (AvgIpc) is 2.91. The molecule has 3 aromatic rings. The quantitative estimate of drug-likeness (QED) is 0.598. The van der Waals surface area contributed by atoms with Crippen molar-refractivity contribution >= 4 is 48.9 Å². The van der Waals surface area contributed by atoms with Gasteiger partial charge in [-0.25, -0.2) is 12.8 Å². The Morgan fingerprint density at radius 1 is 1.33 bits per heavy atom. The second kappa shape index (κ2) is 7.38. The Hall–Kier alpha value is -2.29. The fourth-order valence-corrected chi connectivity index (χ4v) is 4.53. The number of carbonyl (C=O) groups excluding carboxylic acids is 1. The molecule has 1 aromatic heterocycles. The zero-order valence-corrected chi connectivity index (χ0v) is 16.5. The van der Waals surface area contributed by atoms with Gasteiger partial charge < -0.3 is 4.57 Å². The molecular formula is C18H14ClFN2O3S2. The molecule has 0 radical (unpaired) electrons. The minimum Gasteiger partial charge on any atom is -0.312 e. The summed E-state index contributed by atoms with van der Waals surface area (Å²) in [6, 6.07) is 8.17. The van der Waals surface area contributed by atoms with Crippen LogP contribution in [-0.2, 0) is 16.4 Å². The maximum absolute atomic E-state index is 13.2. The summed E-state index contributed by atoms with van der Waals surface area (Å²) >= 11 is 7.11. The molecule has 0 spiro atoms. The highest BCUT2D eigenvalue weighted by molar-refractivity contribution is 7.90. The van der Waals surface area contributed by atoms with Crippen molar-refractivity contribution in [3.8, 4) is 0 Å². The summed E-state index contributed by atoms with van der Waals surface area (Å²) in [7, 11) is -3.36. The molecule has 1 amide bonds. The van der Waals surface area contributed by atoms with Crippen molar-refractivity contribution in [3.63, 3.8) is 0 Å². The van der Waals surface area contributed by atoms with Crippen molar-refractivity contribution in [3.05, 3.63) is 70.3 Å². The molecule has 140 valence electrons. The molecule has 0 aliphatic rings. The summed E-state index contributed by atoms with van der Waals surface area (Å²) in [5, 5.41) is -0.0282. The van der Waals surface area contributed by atoms with Crippen LogP contribution in [0.1, 0.15) is 10.4 Å². The largest absolute Gasteiger partial charge is 0.312 e. The molecule has 0 aliphatic heterocycles. The summed E-state index contributed by atoms with van der Waals surface area (Å²) in [5.74, 6) is -1.17. The Morgan fingerprint density at radius 3 is 2.70 bits per heavy atom. The summed E-state index contributed by atoms with van der Waals surface area (Å²) < 4.78 is 39.2. The summed E-state index contributed by atoms with van der Waals surface area (Å²) in [4.78, 5) is 17.2. The van der Waals surface area contributed by atoms with Crippen LogP contribution in [0.3, 0.4) is 0 Å². The predicted molar refractivity (Wildman–Crippen MR) is 104 cm³/mol. The number of allylic oxidation sites excluding steroid dienone is 1. The monoisotopic (exact) mass is 424 g/mol. The third-order valence-corrected chi connectivity index (χ3v) is 6.22. The van der Waals surface area contributed by atoms with Gasteiger partial charge in [-0.1, -0.05) is 29.0 Å². The highest BCUT2D eigenvalue weighted by Crippen LogP contribution is 2.23. The number of amides is 1. The van der Waals surface area contributed by atoms with Crippen LogP contribution in [0.25, 0.3) is 10.2 Å². The number of hydrogen-bond acceptors (Lipinski definition) is 4. The number of benzene rings is 2. The molecule has 0 fully saturated rings. The first-order valence-corrected chi connectivity index (χ1v) is 10.8. The van der Waals surface area contributed by atoms with E-state index in [1.54, 1.807) is 22.8 Å². The fraction of sp³-hybridized carbons (Fsp3) is 0.111. The number of rotatable bonds is 4. The maximum Gasteiger partial charge on any atom is 0.281 e. The molecule has 0 saturated carbocycles. The number of hydrogen-bond donors (Lipinski definition) is 0. The van der Waals surface area contributed by atoms with Gasteiger partial charge in [-0.3, -0.25) is 4.79 Å². The van der Waals surface area contributed by atoms with Gasteiger partial charge in [0, 0.05) is 12.8 Å². The van der Waals surface area contributed by atoms with E-state index < -0.39 is 21.6 Å². The van der Waals surface area contributed by atoms with E-state index in [-0.39, 0.29) is 15.5 Å². The standard InChI is InChI=1S/C18H14ClFN2O3S2/c1-3-8-22-15-7-5-12(27(2,24)25)10-16(15)26-18(22)21-17(23)13-6-4-11(20)9-14(13)19/h3-7,9-10H,1,8H2,2H3. The lowest BCUT2D eigenvalue weighted by molar-refractivity contribution is 0.0998. The van der Waals surface area contributed by atoms with Gasteiger partial charge in [0.1, 0.15) is 5.82 Å². The first kappa shape index (κ1) is 19.5. The van der Waals surface area contributed by atoms with Crippen LogP contribution in [0, 0.1) is 5.82 Å². The minimum atomic E-state index is -3.36. The van der Waals surface area contributed by atoms with Gasteiger partial charge in [-0.15, -0.1) is 6.58 Å². The van der Waals surface area contributed by atoms with E-state index in [1.807, 2.05) is 0 Å². The minimum absolute atomic E-state index is 0.0282. The lowest BCUT2D eigenvalue weighted by atomic mass is 10.2. The molecule has 0 aliphatic carbocycles. The SMILES string of the molecule is C=CCn1c(=NC(=O)c2ccc(F)cc2Cl)sc2cc(S(C)(=O)=O)ccc21. The van der Waals surface area contributed by atoms with Crippen LogP contribution in [0.15, 0.2) is 58.9 Å². The fourth-order valence-electron chi connectivity index (χ4n) is 2.49. The summed E-state index contributed by atoms with van der Waals surface area (Å²) in [6.45, 7) is 4.08. The van der Waals surface area contributed by atoms with Crippen LogP contribution in [-0.4, -0.2) is 25.1 Å². The van der Waals surface area contributed by atoms with Gasteiger partial charge in [0.2, 0.25) is 0 Å². The zero-order valence-electron chi connectivity index (χ0n) is 14.1. The number of sulfone groups is 1. The Bertz CT molecular complexity index is 1240. The number of halogens is 2. The van der Waals surface area contributed by atoms with E-state index in [9.17, 15) is 17.6 Å². The molecule has 5 nitrogen and oxygen atoms in total. The van der Waals surface area contributed by atoms with Gasteiger partial charge in [-0.2, -0.15) is 4.99 Å². The lowest BCUT2D eigenvalue weighted by Crippen LogP contribution is -2.16. The average molecular weight is 425 g/mol. The van der Waals surface area contributed by atoms with Crippen molar-refractivity contribution in [2.75, 3.05) is 6.26 Å². The molecule has 0 unspecified atom stereocenters. The summed E-state index contributed by atoms with van der Waals surface area (Å²) in [5.41, 5.74) is 0.807. The molecule has 2 aromatic carbocycles. The van der Waals surface area contributed by atoms with Crippen LogP contribution >= 0.6 is 22.9 Å². The Morgan fingerprint density at radius 2 is 2.07 bits per heavy atom. The van der Waals surface area contributed by atoms with Crippen LogP contribution in [0.5, 0.6) is 0 Å². The lowest BCUT2D eigenvalue weighted by Gasteiger charge is -2.03. The van der Waals surface area contributed by atoms with Crippen molar-refractivity contribution in [1.82, 2.24) is 4.57 Å². The number of nitrogens with zero attached hydrogens (tertiary/aromatic N) is 2. The highest BCUT2D eigenvalue weighted by atomic mass is 35.5. The number of carbonyl (C=O) groups is 1. The van der Waals surface area contributed by atoms with Crippen molar-refractivity contribution in [2.24, 2.45) is 4.99 Å². The molecule has 0 saturated heterocycles. The molecular weight excluding hydrogens is 411 g/mol. The van der Waals surface area contributed by atoms with Crippen LogP contribution in [0.4, 0.5) is 4.39 Å². The normalized spacial score (nSPS) is 12.5. The highest BCUT2D eigenvalue weighted by Gasteiger charge is 2.14. The Kier molecular flexibility index (Phi) is 5.32. The molecule has 0 N–H and O–H groups in total. The third kappa shape index (κ3) is 4.02. The van der Waals surface area contributed by atoms with Crippen LogP contribution < -0.4 is 4.80 Å². The molecule has 0 bridgehead atoms. The van der Waals surface area contributed by atoms with Gasteiger partial charge in [0.15, 0.2) is 14.6 Å². The molecule has 9 heteroatoms. The first-order valence-electron chi connectivity index (χ1n) is 7.69. The second-order valence-corrected chi connectivity index (χ2v) is 9.16. The molecule has 0 atom stereocenters. The van der Waals surface area contributed by atoms with Crippen LogP contribution in [0.2, 0.25) is 5.02 Å². The van der Waals surface area contributed by atoms with Crippen molar-refractivity contribution in [1.29, 1.82) is 0 Å². The second-order valence-electron chi connectivity index (χ2n) is 5.73. The van der Waals surface area contributed by atoms with Crippen molar-refractivity contribution in [2.45, 2.75) is 11.4 Å². The van der Waals surface area contributed by atoms with Gasteiger partial charge in [-0.05, 0) is 36.4 Å². The first-order chi connectivity index (χ1) is 12.7. The van der Waals surface area contributed by atoms with Crippen molar-refractivity contribution < 1.29 is 17.6 Å². The zero-order chi connectivity index (χ0) is 19.8. The molecule has 3 rings (SSSR count). The number of aromatic nitrogens is 1. The van der Waals surface area contributed by atoms with E-state index in [4.69, 9.17) is 11.6 Å². The smallest absolute Gasteiger partial charge is 0.281 e. The summed E-state index contributed by atoms with van der Waals surface area (Å²) in [6.07, 6.45) is 2.77. The third-order valence-electron chi connectivity index (χ3n) is 3.75. The Balaban J connectivity index is 2.19. The number of fused-ring (bicyclic) bond motifs is 1. The van der Waals surface area contributed by atoms with E-state index in [2.05, 4.69) is 11.6 Å². The van der Waals surface area contributed by atoms with E-state index in [0.717, 1.165) is 23.9 Å². The number of thiazole rings is 1. The van der Waals surface area contributed by atoms with Gasteiger partial charge in [0.25, 0.3) is 5.91 Å². The molecule has 27 heavy (non-hydrogen) atoms.